The van der Waals surface area contributed by atoms with Gasteiger partial charge in [0, 0.05) is 23.6 Å². The number of benzene rings is 1. The van der Waals surface area contributed by atoms with Gasteiger partial charge in [-0.05, 0) is 24.3 Å². The summed E-state index contributed by atoms with van der Waals surface area (Å²) >= 11 is 0. The molecule has 0 aliphatic heterocycles. The number of hydrogen-bond donors (Lipinski definition) is 1. The average molecular weight is 333 g/mol. The summed E-state index contributed by atoms with van der Waals surface area (Å²) in [5.41, 5.74) is 1.18. The number of nitrogens with zero attached hydrogens (tertiary/aromatic N) is 4. The number of ketones is 1. The summed E-state index contributed by atoms with van der Waals surface area (Å²) in [4.78, 5) is 24.5. The first kappa shape index (κ1) is 16.2. The maximum absolute atomic E-state index is 13.0. The van der Waals surface area contributed by atoms with E-state index in [9.17, 15) is 14.4 Å². The number of pyridine rings is 1. The number of nitrogens with one attached hydrogen (secondary N) is 1. The molecular weight excluding hydrogens is 321 g/mol. The quantitative estimate of drug-likeness (QED) is 0.721. The first-order valence-corrected chi connectivity index (χ1v) is 7.36. The van der Waals surface area contributed by atoms with Crippen LogP contribution in [-0.2, 0) is 0 Å². The molecule has 1 unspecified atom stereocenters. The second-order valence-electron chi connectivity index (χ2n) is 5.12. The number of hydrogen-bond acceptors (Lipinski definition) is 6. The van der Waals surface area contributed by atoms with Gasteiger partial charge in [-0.1, -0.05) is 12.1 Å². The molecule has 0 fully saturated rings. The number of aromatic nitrogens is 3. The monoisotopic (exact) mass is 333 g/mol. The first-order valence-electron chi connectivity index (χ1n) is 7.36. The minimum absolute atomic E-state index is 0.209. The largest absolute Gasteiger partial charge is 0.339 e. The molecule has 2 aromatic heterocycles. The number of carbonyl (C=O) groups excluding carboxylic acids is 1. The van der Waals surface area contributed by atoms with Crippen LogP contribution in [0.4, 0.5) is 15.9 Å². The highest BCUT2D eigenvalue weighted by Gasteiger charge is 2.23. The fraction of sp³-hybridized carbons (Fsp3) is 0.0556. The third-order valence-corrected chi connectivity index (χ3v) is 3.42. The zero-order chi connectivity index (χ0) is 17.6. The minimum atomic E-state index is -1.10. The van der Waals surface area contributed by atoms with E-state index in [0.717, 1.165) is 6.20 Å². The number of halogens is 1. The molecule has 0 aliphatic carbocycles. The van der Waals surface area contributed by atoms with Crippen LogP contribution in [0.3, 0.4) is 0 Å². The van der Waals surface area contributed by atoms with Crippen molar-refractivity contribution in [2.24, 2.45) is 0 Å². The molecule has 0 saturated carbocycles. The summed E-state index contributed by atoms with van der Waals surface area (Å²) in [6, 6.07) is 11.1. The van der Waals surface area contributed by atoms with Gasteiger partial charge in [0.1, 0.15) is 11.6 Å². The molecule has 1 atom stereocenters. The van der Waals surface area contributed by atoms with Gasteiger partial charge in [0.15, 0.2) is 11.7 Å². The molecule has 0 spiro atoms. The van der Waals surface area contributed by atoms with Gasteiger partial charge in [-0.15, -0.1) is 0 Å². The number of carbonyl (C=O) groups is 1. The summed E-state index contributed by atoms with van der Waals surface area (Å²) in [5.74, 6) is -1.51. The molecule has 3 aromatic rings. The van der Waals surface area contributed by atoms with Crippen molar-refractivity contribution >= 4 is 17.3 Å². The molecule has 2 heterocycles. The van der Waals surface area contributed by atoms with Gasteiger partial charge in [-0.3, -0.25) is 14.8 Å². The predicted octanol–water partition coefficient (Wildman–Crippen LogP) is 3.24. The average Bonchev–Trinajstić information content (AvgIpc) is 2.65. The Balaban J connectivity index is 1.85. The van der Waals surface area contributed by atoms with Crippen molar-refractivity contribution in [1.82, 2.24) is 15.0 Å². The van der Waals surface area contributed by atoms with E-state index in [2.05, 4.69) is 20.3 Å². The molecule has 0 radical (unpaired) electrons. The van der Waals surface area contributed by atoms with Crippen LogP contribution in [0.1, 0.15) is 22.0 Å². The van der Waals surface area contributed by atoms with Gasteiger partial charge < -0.3 is 5.32 Å². The molecule has 1 aromatic carbocycles. The van der Waals surface area contributed by atoms with Crippen LogP contribution in [-0.4, -0.2) is 20.7 Å². The Morgan fingerprint density at radius 3 is 2.72 bits per heavy atom. The van der Waals surface area contributed by atoms with Crippen molar-refractivity contribution in [3.63, 3.8) is 0 Å². The maximum Gasteiger partial charge on any atom is 0.186 e. The zero-order valence-electron chi connectivity index (χ0n) is 12.9. The van der Waals surface area contributed by atoms with Crippen LogP contribution in [0.15, 0.2) is 61.2 Å². The Bertz CT molecular complexity index is 922. The lowest BCUT2D eigenvalue weighted by Crippen LogP contribution is -2.13. The predicted molar refractivity (Wildman–Crippen MR) is 88.6 cm³/mol. The van der Waals surface area contributed by atoms with E-state index in [4.69, 9.17) is 0 Å². The Morgan fingerprint density at radius 1 is 1.16 bits per heavy atom. The third-order valence-electron chi connectivity index (χ3n) is 3.42. The lowest BCUT2D eigenvalue weighted by molar-refractivity contribution is 0.0977. The molecule has 0 bridgehead atoms. The Hall–Kier alpha value is -3.66. The van der Waals surface area contributed by atoms with E-state index in [1.54, 1.807) is 42.9 Å². The van der Waals surface area contributed by atoms with E-state index in [-0.39, 0.29) is 5.69 Å². The summed E-state index contributed by atoms with van der Waals surface area (Å²) < 4.78 is 13.0. The van der Waals surface area contributed by atoms with Gasteiger partial charge in [0.05, 0.1) is 24.2 Å². The minimum Gasteiger partial charge on any atom is -0.339 e. The van der Waals surface area contributed by atoms with Crippen molar-refractivity contribution in [3.05, 3.63) is 78.3 Å². The van der Waals surface area contributed by atoms with Crippen molar-refractivity contribution in [2.75, 3.05) is 5.32 Å². The maximum atomic E-state index is 13.0. The normalized spacial score (nSPS) is 11.4. The highest BCUT2D eigenvalue weighted by Crippen LogP contribution is 2.22. The summed E-state index contributed by atoms with van der Waals surface area (Å²) in [6.07, 6.45) is 5.63. The van der Waals surface area contributed by atoms with E-state index < -0.39 is 17.5 Å². The van der Waals surface area contributed by atoms with Crippen LogP contribution in [0.5, 0.6) is 0 Å². The molecule has 3 rings (SSSR count). The first-order chi connectivity index (χ1) is 12.2. The Labute approximate surface area is 143 Å². The fourth-order valence-electron chi connectivity index (χ4n) is 2.25. The van der Waals surface area contributed by atoms with Crippen LogP contribution in [0.2, 0.25) is 0 Å². The number of nitriles is 1. The van der Waals surface area contributed by atoms with Crippen LogP contribution in [0, 0.1) is 17.1 Å². The SMILES string of the molecule is N#CC(C(=O)c1cccc(Nc2cnccn2)c1)c1ccc(F)cn1. The Morgan fingerprint density at radius 2 is 2.04 bits per heavy atom. The van der Waals surface area contributed by atoms with Crippen molar-refractivity contribution in [1.29, 1.82) is 5.26 Å². The van der Waals surface area contributed by atoms with Gasteiger partial charge >= 0.3 is 0 Å². The number of rotatable bonds is 5. The van der Waals surface area contributed by atoms with Gasteiger partial charge in [0.2, 0.25) is 0 Å². The van der Waals surface area contributed by atoms with Gasteiger partial charge in [-0.2, -0.15) is 5.26 Å². The van der Waals surface area contributed by atoms with E-state index in [0.29, 0.717) is 17.1 Å². The molecule has 0 amide bonds. The van der Waals surface area contributed by atoms with Crippen molar-refractivity contribution in [2.45, 2.75) is 5.92 Å². The van der Waals surface area contributed by atoms with Crippen LogP contribution >= 0.6 is 0 Å². The highest BCUT2D eigenvalue weighted by atomic mass is 19.1. The fourth-order valence-corrected chi connectivity index (χ4v) is 2.25. The summed E-state index contributed by atoms with van der Waals surface area (Å²) in [7, 11) is 0. The van der Waals surface area contributed by atoms with Gasteiger partial charge in [-0.25, -0.2) is 9.37 Å². The lowest BCUT2D eigenvalue weighted by atomic mass is 9.95. The molecule has 25 heavy (non-hydrogen) atoms. The summed E-state index contributed by atoms with van der Waals surface area (Å²) in [5, 5.41) is 12.4. The molecule has 0 aliphatic rings. The molecule has 6 nitrogen and oxygen atoms in total. The topological polar surface area (TPSA) is 91.6 Å². The molecular formula is C18H12FN5O. The number of anilines is 2. The number of Topliss-reactive ketones (excluding diaryl/α,β-unsaturated/α-hetero) is 1. The summed E-state index contributed by atoms with van der Waals surface area (Å²) in [6.45, 7) is 0. The van der Waals surface area contributed by atoms with Crippen molar-refractivity contribution < 1.29 is 9.18 Å². The second kappa shape index (κ2) is 7.27. The van der Waals surface area contributed by atoms with E-state index in [1.165, 1.54) is 12.1 Å². The lowest BCUT2D eigenvalue weighted by Gasteiger charge is -2.10. The molecule has 1 N–H and O–H groups in total. The van der Waals surface area contributed by atoms with Gasteiger partial charge in [0.25, 0.3) is 0 Å². The van der Waals surface area contributed by atoms with Crippen LogP contribution < -0.4 is 5.32 Å². The van der Waals surface area contributed by atoms with E-state index >= 15 is 0 Å². The van der Waals surface area contributed by atoms with Crippen LogP contribution in [0.25, 0.3) is 0 Å². The van der Waals surface area contributed by atoms with Crippen molar-refractivity contribution in [3.8, 4) is 6.07 Å². The highest BCUT2D eigenvalue weighted by molar-refractivity contribution is 6.03. The second-order valence-corrected chi connectivity index (χ2v) is 5.12. The smallest absolute Gasteiger partial charge is 0.186 e. The standard InChI is InChI=1S/C18H12FN5O/c19-13-4-5-16(23-10-13)15(9-20)18(25)12-2-1-3-14(8-12)24-17-11-21-6-7-22-17/h1-8,10-11,15H,(H,22,24). The Kier molecular flexibility index (Phi) is 4.72. The zero-order valence-corrected chi connectivity index (χ0v) is 12.9. The molecule has 0 saturated heterocycles. The molecule has 122 valence electrons. The molecule has 7 heteroatoms. The van der Waals surface area contributed by atoms with E-state index in [1.807, 2.05) is 6.07 Å². The third kappa shape index (κ3) is 3.82.